The molecule has 0 radical (unpaired) electrons. The van der Waals surface area contributed by atoms with Gasteiger partial charge in [0, 0.05) is 63.8 Å². The maximum Gasteiger partial charge on any atom is 0.490 e. The second-order valence-corrected chi connectivity index (χ2v) is 8.73. The number of hydrogen-bond donors (Lipinski definition) is 2. The van der Waals surface area contributed by atoms with Crippen molar-refractivity contribution in [2.75, 3.05) is 47.0 Å². The number of hydrogen-bond acceptors (Lipinski definition) is 7. The van der Waals surface area contributed by atoms with Gasteiger partial charge in [-0.15, -0.1) is 11.3 Å². The standard InChI is InChI=1S/C16H26N2O2S.2C2HF3O2/c1-19-8-7-17-11-14-15(12-17)18(6-5-16(14)20-2)10-13-4-3-9-21-13;2*3-2(4,5)1(6)7/h3-4,9,14-16H,5-8,10-12H2,1-2H3;2*(H,6,7)/t14-,15+,16-;;/m0../s1. The summed E-state index contributed by atoms with van der Waals surface area (Å²) in [6.07, 6.45) is -8.59. The molecule has 3 atom stereocenters. The molecule has 2 aliphatic rings. The van der Waals surface area contributed by atoms with Crippen LogP contribution in [-0.4, -0.2) is 103 Å². The number of aliphatic carboxylic acids is 2. The molecule has 202 valence electrons. The third-order valence-electron chi connectivity index (χ3n) is 5.39. The minimum absolute atomic E-state index is 0.419. The molecule has 3 rings (SSSR count). The minimum atomic E-state index is -5.08. The van der Waals surface area contributed by atoms with E-state index in [0.29, 0.717) is 18.1 Å². The first-order valence-electron chi connectivity index (χ1n) is 10.3. The second kappa shape index (κ2) is 14.0. The molecule has 0 aromatic carbocycles. The summed E-state index contributed by atoms with van der Waals surface area (Å²) in [6.45, 7) is 6.39. The Morgan fingerprint density at radius 1 is 1.09 bits per heavy atom. The number of carboxylic acid groups (broad SMARTS) is 2. The summed E-state index contributed by atoms with van der Waals surface area (Å²) >= 11 is 1.87. The van der Waals surface area contributed by atoms with Crippen molar-refractivity contribution in [1.82, 2.24) is 9.80 Å². The van der Waals surface area contributed by atoms with Gasteiger partial charge < -0.3 is 19.7 Å². The highest BCUT2D eigenvalue weighted by Gasteiger charge is 2.44. The van der Waals surface area contributed by atoms with Crippen molar-refractivity contribution >= 4 is 23.3 Å². The molecule has 0 aliphatic carbocycles. The van der Waals surface area contributed by atoms with Gasteiger partial charge in [0.15, 0.2) is 0 Å². The smallest absolute Gasteiger partial charge is 0.475 e. The Labute approximate surface area is 202 Å². The Morgan fingerprint density at radius 3 is 2.09 bits per heavy atom. The Morgan fingerprint density at radius 2 is 1.66 bits per heavy atom. The van der Waals surface area contributed by atoms with Gasteiger partial charge in [0.2, 0.25) is 0 Å². The van der Waals surface area contributed by atoms with Crippen LogP contribution in [0.3, 0.4) is 0 Å². The summed E-state index contributed by atoms with van der Waals surface area (Å²) in [5, 5.41) is 16.4. The molecule has 0 amide bonds. The molecule has 15 heteroatoms. The zero-order chi connectivity index (χ0) is 26.8. The lowest BCUT2D eigenvalue weighted by Crippen LogP contribution is -2.50. The van der Waals surface area contributed by atoms with Gasteiger partial charge >= 0.3 is 24.3 Å². The third-order valence-corrected chi connectivity index (χ3v) is 6.26. The van der Waals surface area contributed by atoms with Crippen LogP contribution in [0.15, 0.2) is 17.5 Å². The normalized spacial score (nSPS) is 22.9. The number of rotatable bonds is 6. The van der Waals surface area contributed by atoms with E-state index >= 15 is 0 Å². The first-order chi connectivity index (χ1) is 16.2. The van der Waals surface area contributed by atoms with Crippen molar-refractivity contribution in [3.05, 3.63) is 22.4 Å². The summed E-state index contributed by atoms with van der Waals surface area (Å²) in [4.78, 5) is 24.5. The minimum Gasteiger partial charge on any atom is -0.475 e. The molecule has 35 heavy (non-hydrogen) atoms. The van der Waals surface area contributed by atoms with E-state index in [0.717, 1.165) is 45.8 Å². The molecule has 2 N–H and O–H groups in total. The predicted molar refractivity (Wildman–Crippen MR) is 113 cm³/mol. The predicted octanol–water partition coefficient (Wildman–Crippen LogP) is 3.18. The third kappa shape index (κ3) is 10.7. The molecular formula is C20H28F6N2O6S. The summed E-state index contributed by atoms with van der Waals surface area (Å²) in [5.41, 5.74) is 0. The van der Waals surface area contributed by atoms with Crippen LogP contribution < -0.4 is 0 Å². The average Bonchev–Trinajstić information content (AvgIpc) is 3.42. The first-order valence-corrected chi connectivity index (χ1v) is 11.2. The van der Waals surface area contributed by atoms with Crippen molar-refractivity contribution in [2.45, 2.75) is 37.5 Å². The molecule has 0 bridgehead atoms. The molecule has 1 aromatic rings. The number of carboxylic acids is 2. The van der Waals surface area contributed by atoms with Gasteiger partial charge in [-0.05, 0) is 17.9 Å². The average molecular weight is 539 g/mol. The summed E-state index contributed by atoms with van der Waals surface area (Å²) in [7, 11) is 3.65. The highest BCUT2D eigenvalue weighted by Crippen LogP contribution is 2.33. The topological polar surface area (TPSA) is 99.5 Å². The fraction of sp³-hybridized carbons (Fsp3) is 0.700. The summed E-state index contributed by atoms with van der Waals surface area (Å²) in [5.74, 6) is -4.87. The SMILES string of the molecule is COCCN1C[C@@H]2[C@@H](OC)CCN(Cc3cccs3)[C@@H]2C1.O=C(O)C(F)(F)F.O=C(O)C(F)(F)F. The van der Waals surface area contributed by atoms with Gasteiger partial charge in [0.05, 0.1) is 12.7 Å². The van der Waals surface area contributed by atoms with Crippen LogP contribution in [0.1, 0.15) is 11.3 Å². The van der Waals surface area contributed by atoms with Crippen molar-refractivity contribution in [3.63, 3.8) is 0 Å². The van der Waals surface area contributed by atoms with E-state index in [4.69, 9.17) is 29.3 Å². The molecule has 0 unspecified atom stereocenters. The molecule has 2 aliphatic heterocycles. The van der Waals surface area contributed by atoms with E-state index < -0.39 is 24.3 Å². The summed E-state index contributed by atoms with van der Waals surface area (Å²) in [6, 6.07) is 5.03. The number of piperidine rings is 1. The molecule has 2 saturated heterocycles. The van der Waals surface area contributed by atoms with Gasteiger partial charge in [-0.1, -0.05) is 6.07 Å². The number of likely N-dealkylation sites (tertiary alicyclic amines) is 2. The zero-order valence-electron chi connectivity index (χ0n) is 19.0. The van der Waals surface area contributed by atoms with Crippen LogP contribution in [0, 0.1) is 5.92 Å². The van der Waals surface area contributed by atoms with E-state index in [-0.39, 0.29) is 0 Å². The number of methoxy groups -OCH3 is 2. The van der Waals surface area contributed by atoms with Gasteiger partial charge in [0.1, 0.15) is 0 Å². The molecular weight excluding hydrogens is 510 g/mol. The molecule has 2 fully saturated rings. The number of fused-ring (bicyclic) bond motifs is 1. The van der Waals surface area contributed by atoms with E-state index in [2.05, 4.69) is 27.3 Å². The monoisotopic (exact) mass is 538 g/mol. The van der Waals surface area contributed by atoms with E-state index in [1.165, 1.54) is 4.88 Å². The van der Waals surface area contributed by atoms with Crippen molar-refractivity contribution in [1.29, 1.82) is 0 Å². The quantitative estimate of drug-likeness (QED) is 0.533. The lowest BCUT2D eigenvalue weighted by molar-refractivity contribution is -0.193. The van der Waals surface area contributed by atoms with Gasteiger partial charge in [0.25, 0.3) is 0 Å². The highest BCUT2D eigenvalue weighted by molar-refractivity contribution is 7.09. The number of carbonyl (C=O) groups is 2. The van der Waals surface area contributed by atoms with Gasteiger partial charge in [-0.3, -0.25) is 9.80 Å². The Bertz CT molecular complexity index is 753. The van der Waals surface area contributed by atoms with Gasteiger partial charge in [-0.2, -0.15) is 26.3 Å². The lowest BCUT2D eigenvalue weighted by atomic mass is 9.89. The number of thiophene rings is 1. The second-order valence-electron chi connectivity index (χ2n) is 7.70. The van der Waals surface area contributed by atoms with Crippen LogP contribution >= 0.6 is 11.3 Å². The highest BCUT2D eigenvalue weighted by atomic mass is 32.1. The fourth-order valence-corrected chi connectivity index (χ4v) is 4.54. The van der Waals surface area contributed by atoms with Crippen LogP contribution in [0.5, 0.6) is 0 Å². The first kappa shape index (κ1) is 31.1. The van der Waals surface area contributed by atoms with Crippen molar-refractivity contribution < 1.29 is 55.6 Å². The number of ether oxygens (including phenoxy) is 2. The maximum atomic E-state index is 10.6. The van der Waals surface area contributed by atoms with Crippen LogP contribution in [0.4, 0.5) is 26.3 Å². The van der Waals surface area contributed by atoms with E-state index in [9.17, 15) is 26.3 Å². The van der Waals surface area contributed by atoms with Crippen LogP contribution in [0.2, 0.25) is 0 Å². The summed E-state index contributed by atoms with van der Waals surface area (Å²) < 4.78 is 74.5. The molecule has 8 nitrogen and oxygen atoms in total. The molecule has 0 saturated carbocycles. The largest absolute Gasteiger partial charge is 0.490 e. The number of alkyl halides is 6. The zero-order valence-corrected chi connectivity index (χ0v) is 19.8. The van der Waals surface area contributed by atoms with Gasteiger partial charge in [-0.25, -0.2) is 9.59 Å². The Hall–Kier alpha value is -1.94. The van der Waals surface area contributed by atoms with Crippen molar-refractivity contribution in [2.24, 2.45) is 5.92 Å². The van der Waals surface area contributed by atoms with E-state index in [1.54, 1.807) is 7.11 Å². The molecule has 0 spiro atoms. The van der Waals surface area contributed by atoms with E-state index in [1.807, 2.05) is 18.4 Å². The fourth-order valence-electron chi connectivity index (χ4n) is 3.81. The lowest BCUT2D eigenvalue weighted by Gasteiger charge is -2.41. The number of nitrogens with zero attached hydrogens (tertiary/aromatic N) is 2. The Kier molecular flexibility index (Phi) is 12.4. The van der Waals surface area contributed by atoms with Crippen LogP contribution in [0.25, 0.3) is 0 Å². The number of halogens is 6. The maximum absolute atomic E-state index is 10.6. The molecule has 3 heterocycles. The Balaban J connectivity index is 0.000000362. The van der Waals surface area contributed by atoms with Crippen molar-refractivity contribution in [3.8, 4) is 0 Å². The molecule has 1 aromatic heterocycles. The van der Waals surface area contributed by atoms with Crippen LogP contribution in [-0.2, 0) is 25.6 Å².